The van der Waals surface area contributed by atoms with Crippen LogP contribution < -0.4 is 9.03 Å². The number of rotatable bonds is 0. The van der Waals surface area contributed by atoms with E-state index in [1.165, 1.54) is 12.1 Å². The molecule has 74 valence electrons. The van der Waals surface area contributed by atoms with E-state index in [9.17, 15) is 13.2 Å². The van der Waals surface area contributed by atoms with Crippen molar-refractivity contribution in [3.05, 3.63) is 24.3 Å². The van der Waals surface area contributed by atoms with E-state index in [1.807, 2.05) is 0 Å². The fourth-order valence-corrected chi connectivity index (χ4v) is 2.42. The number of benzene rings is 1. The molecule has 0 spiro atoms. The summed E-state index contributed by atoms with van der Waals surface area (Å²) in [6, 6.07) is 6.10. The monoisotopic (exact) mass is 214 g/mol. The lowest BCUT2D eigenvalue weighted by Crippen LogP contribution is -2.34. The number of nitrogens with zero attached hydrogens (tertiary/aromatic N) is 1. The number of hydrogen-bond donors (Lipinski definition) is 2. The smallest absolute Gasteiger partial charge is 0.427 e. The van der Waals surface area contributed by atoms with Crippen LogP contribution in [0, 0.1) is 0 Å². The van der Waals surface area contributed by atoms with Crippen LogP contribution in [0.3, 0.4) is 0 Å². The first kappa shape index (κ1) is 8.82. The predicted octanol–water partition coefficient (Wildman–Crippen LogP) is 0.841. The number of hydrogen-bond acceptors (Lipinski definition) is 3. The molecule has 1 amide bonds. The van der Waals surface area contributed by atoms with Crippen LogP contribution in [-0.4, -0.2) is 19.6 Å². The van der Waals surface area contributed by atoms with E-state index in [2.05, 4.69) is 4.72 Å². The van der Waals surface area contributed by atoms with E-state index >= 15 is 0 Å². The molecule has 2 N–H and O–H groups in total. The summed E-state index contributed by atoms with van der Waals surface area (Å²) in [6.45, 7) is 0. The number of fused-ring (bicyclic) bond motifs is 1. The molecule has 2 rings (SSSR count). The quantitative estimate of drug-likeness (QED) is 0.670. The first-order chi connectivity index (χ1) is 6.52. The highest BCUT2D eigenvalue weighted by atomic mass is 32.2. The molecule has 1 heterocycles. The Morgan fingerprint density at radius 3 is 2.64 bits per heavy atom. The van der Waals surface area contributed by atoms with Crippen molar-refractivity contribution in [2.24, 2.45) is 0 Å². The molecule has 0 radical (unpaired) electrons. The van der Waals surface area contributed by atoms with Gasteiger partial charge in [-0.3, -0.25) is 4.72 Å². The lowest BCUT2D eigenvalue weighted by atomic mass is 10.3. The molecular weight excluding hydrogens is 208 g/mol. The molecule has 1 aromatic carbocycles. The maximum Gasteiger partial charge on any atom is 0.427 e. The van der Waals surface area contributed by atoms with Gasteiger partial charge in [0.25, 0.3) is 0 Å². The molecule has 0 unspecified atom stereocenters. The van der Waals surface area contributed by atoms with E-state index in [-0.39, 0.29) is 11.4 Å². The largest absolute Gasteiger partial charge is 0.464 e. The summed E-state index contributed by atoms with van der Waals surface area (Å²) in [5.74, 6) is 0. The Morgan fingerprint density at radius 2 is 2.00 bits per heavy atom. The Balaban J connectivity index is 2.65. The summed E-state index contributed by atoms with van der Waals surface area (Å²) in [5, 5.41) is 8.70. The third-order valence-electron chi connectivity index (χ3n) is 1.78. The topological polar surface area (TPSA) is 86.7 Å². The Kier molecular flexibility index (Phi) is 1.65. The van der Waals surface area contributed by atoms with E-state index in [1.54, 1.807) is 12.1 Å². The Morgan fingerprint density at radius 1 is 1.36 bits per heavy atom. The molecule has 0 saturated heterocycles. The van der Waals surface area contributed by atoms with Gasteiger partial charge in [-0.05, 0) is 12.1 Å². The van der Waals surface area contributed by atoms with Crippen molar-refractivity contribution >= 4 is 27.7 Å². The molecule has 1 aliphatic heterocycles. The molecule has 6 nitrogen and oxygen atoms in total. The van der Waals surface area contributed by atoms with Gasteiger partial charge < -0.3 is 5.11 Å². The molecule has 0 fully saturated rings. The van der Waals surface area contributed by atoms with Crippen molar-refractivity contribution in [1.29, 1.82) is 0 Å². The minimum absolute atomic E-state index is 0.125. The van der Waals surface area contributed by atoms with Gasteiger partial charge in [0.2, 0.25) is 0 Å². The Bertz CT molecular complexity index is 496. The van der Waals surface area contributed by atoms with Gasteiger partial charge in [0.15, 0.2) is 0 Å². The zero-order valence-electron chi connectivity index (χ0n) is 6.84. The van der Waals surface area contributed by atoms with Crippen LogP contribution >= 0.6 is 0 Å². The number of para-hydroxylation sites is 2. The standard InChI is InChI=1S/C7H6N2O4S/c10-7(11)9-6-4-2-1-3-5(6)8-14(9,12)13/h1-4,8H,(H,10,11). The van der Waals surface area contributed by atoms with Gasteiger partial charge in [0.1, 0.15) is 0 Å². The maximum absolute atomic E-state index is 11.3. The number of carboxylic acid groups (broad SMARTS) is 1. The summed E-state index contributed by atoms with van der Waals surface area (Å²) >= 11 is 0. The van der Waals surface area contributed by atoms with Gasteiger partial charge in [-0.15, -0.1) is 0 Å². The van der Waals surface area contributed by atoms with Crippen molar-refractivity contribution in [1.82, 2.24) is 0 Å². The number of carbonyl (C=O) groups is 1. The first-order valence-electron chi connectivity index (χ1n) is 3.67. The van der Waals surface area contributed by atoms with Crippen LogP contribution in [-0.2, 0) is 10.2 Å². The second-order valence-corrected chi connectivity index (χ2v) is 4.19. The van der Waals surface area contributed by atoms with Crippen molar-refractivity contribution in [2.45, 2.75) is 0 Å². The van der Waals surface area contributed by atoms with E-state index in [0.717, 1.165) is 0 Å². The summed E-state index contributed by atoms with van der Waals surface area (Å²) in [6.07, 6.45) is -1.53. The number of nitrogens with one attached hydrogen (secondary N) is 1. The molecule has 0 atom stereocenters. The van der Waals surface area contributed by atoms with Crippen molar-refractivity contribution in [3.63, 3.8) is 0 Å². The molecule has 14 heavy (non-hydrogen) atoms. The highest BCUT2D eigenvalue weighted by Crippen LogP contribution is 2.34. The van der Waals surface area contributed by atoms with Crippen LogP contribution in [0.4, 0.5) is 16.2 Å². The zero-order chi connectivity index (χ0) is 10.3. The molecule has 1 aromatic rings. The fraction of sp³-hybridized carbons (Fsp3) is 0. The van der Waals surface area contributed by atoms with Crippen LogP contribution in [0.15, 0.2) is 24.3 Å². The van der Waals surface area contributed by atoms with Crippen molar-refractivity contribution in [3.8, 4) is 0 Å². The summed E-state index contributed by atoms with van der Waals surface area (Å²) in [5.41, 5.74) is 0.398. The van der Waals surface area contributed by atoms with Gasteiger partial charge in [-0.25, -0.2) is 4.79 Å². The van der Waals surface area contributed by atoms with Gasteiger partial charge in [0.05, 0.1) is 11.4 Å². The van der Waals surface area contributed by atoms with Gasteiger partial charge >= 0.3 is 16.3 Å². The Hall–Kier alpha value is -1.76. The normalized spacial score (nSPS) is 17.3. The highest BCUT2D eigenvalue weighted by molar-refractivity contribution is 7.95. The average molecular weight is 214 g/mol. The van der Waals surface area contributed by atoms with Crippen molar-refractivity contribution < 1.29 is 18.3 Å². The Labute approximate surface area is 80.0 Å². The summed E-state index contributed by atoms with van der Waals surface area (Å²) < 4.78 is 25.0. The van der Waals surface area contributed by atoms with Gasteiger partial charge in [-0.1, -0.05) is 12.1 Å². The molecule has 0 aromatic heterocycles. The van der Waals surface area contributed by atoms with Crippen LogP contribution in [0.5, 0.6) is 0 Å². The van der Waals surface area contributed by atoms with Crippen LogP contribution in [0.25, 0.3) is 0 Å². The predicted molar refractivity (Wildman–Crippen MR) is 49.5 cm³/mol. The van der Waals surface area contributed by atoms with E-state index in [4.69, 9.17) is 5.11 Å². The first-order valence-corrected chi connectivity index (χ1v) is 5.11. The zero-order valence-corrected chi connectivity index (χ0v) is 7.65. The number of amides is 1. The minimum atomic E-state index is -3.96. The molecular formula is C7H6N2O4S. The highest BCUT2D eigenvalue weighted by Gasteiger charge is 2.37. The van der Waals surface area contributed by atoms with Gasteiger partial charge in [-0.2, -0.15) is 12.7 Å². The average Bonchev–Trinajstić information content (AvgIpc) is 2.33. The minimum Gasteiger partial charge on any atom is -0.464 e. The maximum atomic E-state index is 11.3. The summed E-state index contributed by atoms with van der Waals surface area (Å²) in [4.78, 5) is 10.7. The SMILES string of the molecule is O=C(O)N1c2ccccc2NS1(=O)=O. The number of anilines is 2. The second-order valence-electron chi connectivity index (χ2n) is 2.67. The summed E-state index contributed by atoms with van der Waals surface area (Å²) in [7, 11) is -3.96. The van der Waals surface area contributed by atoms with Crippen molar-refractivity contribution in [2.75, 3.05) is 9.03 Å². The molecule has 0 bridgehead atoms. The second kappa shape index (κ2) is 2.61. The van der Waals surface area contributed by atoms with E-state index in [0.29, 0.717) is 4.31 Å². The van der Waals surface area contributed by atoms with Crippen LogP contribution in [0.1, 0.15) is 0 Å². The lowest BCUT2D eigenvalue weighted by molar-refractivity contribution is 0.206. The third kappa shape index (κ3) is 1.10. The lowest BCUT2D eigenvalue weighted by Gasteiger charge is -2.08. The third-order valence-corrected chi connectivity index (χ3v) is 3.09. The van der Waals surface area contributed by atoms with Gasteiger partial charge in [0, 0.05) is 0 Å². The molecule has 0 saturated carbocycles. The van der Waals surface area contributed by atoms with E-state index < -0.39 is 16.3 Å². The molecule has 7 heteroatoms. The molecule has 1 aliphatic rings. The molecule has 0 aliphatic carbocycles. The fourth-order valence-electron chi connectivity index (χ4n) is 1.26. The van der Waals surface area contributed by atoms with Crippen LogP contribution in [0.2, 0.25) is 0 Å².